The van der Waals surface area contributed by atoms with Gasteiger partial charge in [0.1, 0.15) is 0 Å². The van der Waals surface area contributed by atoms with Gasteiger partial charge >= 0.3 is 0 Å². The van der Waals surface area contributed by atoms with Crippen LogP contribution in [-0.2, 0) is 10.0 Å². The number of carbonyl (C=O) groups is 1. The van der Waals surface area contributed by atoms with E-state index in [4.69, 9.17) is 0 Å². The Kier molecular flexibility index (Phi) is 6.32. The van der Waals surface area contributed by atoms with E-state index >= 15 is 0 Å². The number of aryl methyl sites for hydroxylation is 1. The van der Waals surface area contributed by atoms with E-state index in [1.54, 1.807) is 4.31 Å². The van der Waals surface area contributed by atoms with Crippen LogP contribution in [0.1, 0.15) is 41.6 Å². The standard InChI is InChI=1S/C19H29N3O3S/c1-16-5-4-6-17(15-16)19(23)22(18-7-2-3-8-18)13-14-26(24,25)21-11-9-20-10-12-21/h4-6,15,18,20H,2-3,7-14H2,1H3. The number of carbonyl (C=O) groups excluding carboxylic acids is 1. The van der Waals surface area contributed by atoms with E-state index in [0.717, 1.165) is 31.2 Å². The van der Waals surface area contributed by atoms with Crippen molar-refractivity contribution < 1.29 is 13.2 Å². The zero-order valence-electron chi connectivity index (χ0n) is 15.5. The molecular formula is C19H29N3O3S. The van der Waals surface area contributed by atoms with Crippen molar-refractivity contribution in [3.63, 3.8) is 0 Å². The molecule has 1 heterocycles. The van der Waals surface area contributed by atoms with E-state index < -0.39 is 10.0 Å². The van der Waals surface area contributed by atoms with Gasteiger partial charge in [0.2, 0.25) is 10.0 Å². The normalized spacial score (nSPS) is 19.6. The second kappa shape index (κ2) is 8.50. The van der Waals surface area contributed by atoms with Crippen LogP contribution in [0.4, 0.5) is 0 Å². The van der Waals surface area contributed by atoms with Crippen LogP contribution in [0.5, 0.6) is 0 Å². The maximum absolute atomic E-state index is 13.1. The molecule has 0 spiro atoms. The van der Waals surface area contributed by atoms with E-state index in [1.807, 2.05) is 36.1 Å². The highest BCUT2D eigenvalue weighted by Gasteiger charge is 2.30. The molecule has 3 rings (SSSR count). The highest BCUT2D eigenvalue weighted by molar-refractivity contribution is 7.89. The van der Waals surface area contributed by atoms with Crippen LogP contribution in [0.25, 0.3) is 0 Å². The summed E-state index contributed by atoms with van der Waals surface area (Å²) in [7, 11) is -3.33. The smallest absolute Gasteiger partial charge is 0.254 e. The lowest BCUT2D eigenvalue weighted by molar-refractivity contribution is 0.0694. The lowest BCUT2D eigenvalue weighted by Crippen LogP contribution is -2.49. The molecule has 1 saturated carbocycles. The number of nitrogens with zero attached hydrogens (tertiary/aromatic N) is 2. The van der Waals surface area contributed by atoms with E-state index in [2.05, 4.69) is 5.32 Å². The molecular weight excluding hydrogens is 350 g/mol. The molecule has 26 heavy (non-hydrogen) atoms. The minimum Gasteiger partial charge on any atom is -0.335 e. The summed E-state index contributed by atoms with van der Waals surface area (Å²) in [6, 6.07) is 7.71. The third-order valence-electron chi connectivity index (χ3n) is 5.35. The van der Waals surface area contributed by atoms with Crippen LogP contribution in [0.3, 0.4) is 0 Å². The van der Waals surface area contributed by atoms with Crippen LogP contribution in [-0.4, -0.2) is 68.0 Å². The predicted molar refractivity (Wildman–Crippen MR) is 103 cm³/mol. The van der Waals surface area contributed by atoms with Gasteiger partial charge in [0.25, 0.3) is 5.91 Å². The Hall–Kier alpha value is -1.44. The van der Waals surface area contributed by atoms with Crippen molar-refractivity contribution in [2.75, 3.05) is 38.5 Å². The molecule has 7 heteroatoms. The molecule has 2 aliphatic rings. The number of hydrogen-bond acceptors (Lipinski definition) is 4. The molecule has 0 atom stereocenters. The zero-order valence-corrected chi connectivity index (χ0v) is 16.3. The van der Waals surface area contributed by atoms with E-state index in [-0.39, 0.29) is 24.2 Å². The van der Waals surface area contributed by atoms with Crippen LogP contribution >= 0.6 is 0 Å². The number of amides is 1. The summed E-state index contributed by atoms with van der Waals surface area (Å²) < 4.78 is 26.9. The molecule has 1 aromatic carbocycles. The summed E-state index contributed by atoms with van der Waals surface area (Å²) >= 11 is 0. The van der Waals surface area contributed by atoms with E-state index in [1.165, 1.54) is 0 Å². The fourth-order valence-corrected chi connectivity index (χ4v) is 5.30. The Morgan fingerprint density at radius 1 is 1.23 bits per heavy atom. The lowest BCUT2D eigenvalue weighted by Gasteiger charge is -2.31. The Balaban J connectivity index is 1.73. The molecule has 1 amide bonds. The Morgan fingerprint density at radius 3 is 2.58 bits per heavy atom. The van der Waals surface area contributed by atoms with E-state index in [0.29, 0.717) is 31.7 Å². The zero-order chi connectivity index (χ0) is 18.6. The monoisotopic (exact) mass is 379 g/mol. The SMILES string of the molecule is Cc1cccc(C(=O)N(CCS(=O)(=O)N2CCNCC2)C2CCCC2)c1. The molecule has 0 aromatic heterocycles. The Labute approximate surface area is 156 Å². The fourth-order valence-electron chi connectivity index (χ4n) is 3.88. The van der Waals surface area contributed by atoms with Crippen molar-refractivity contribution in [2.24, 2.45) is 0 Å². The van der Waals surface area contributed by atoms with Crippen molar-refractivity contribution in [3.8, 4) is 0 Å². The largest absolute Gasteiger partial charge is 0.335 e. The average Bonchev–Trinajstić information content (AvgIpc) is 3.17. The maximum atomic E-state index is 13.1. The average molecular weight is 380 g/mol. The minimum absolute atomic E-state index is 0.00105. The van der Waals surface area contributed by atoms with Gasteiger partial charge in [-0.3, -0.25) is 4.79 Å². The molecule has 6 nitrogen and oxygen atoms in total. The highest BCUT2D eigenvalue weighted by atomic mass is 32.2. The van der Waals surface area contributed by atoms with Crippen LogP contribution < -0.4 is 5.32 Å². The lowest BCUT2D eigenvalue weighted by atomic mass is 10.1. The van der Waals surface area contributed by atoms with E-state index in [9.17, 15) is 13.2 Å². The van der Waals surface area contributed by atoms with Gasteiger partial charge in [0, 0.05) is 44.3 Å². The highest BCUT2D eigenvalue weighted by Crippen LogP contribution is 2.25. The van der Waals surface area contributed by atoms with Crippen molar-refractivity contribution >= 4 is 15.9 Å². The van der Waals surface area contributed by atoms with Crippen LogP contribution in [0.15, 0.2) is 24.3 Å². The third-order valence-corrected chi connectivity index (χ3v) is 7.20. The van der Waals surface area contributed by atoms with Crippen LogP contribution in [0.2, 0.25) is 0 Å². The number of sulfonamides is 1. The fraction of sp³-hybridized carbons (Fsp3) is 0.632. The summed E-state index contributed by atoms with van der Waals surface area (Å²) in [6.45, 7) is 4.63. The molecule has 1 saturated heterocycles. The Bertz CT molecular complexity index is 723. The van der Waals surface area contributed by atoms with Crippen molar-refractivity contribution in [1.82, 2.24) is 14.5 Å². The first-order valence-corrected chi connectivity index (χ1v) is 11.1. The van der Waals surface area contributed by atoms with Crippen molar-refractivity contribution in [1.29, 1.82) is 0 Å². The first-order chi connectivity index (χ1) is 12.5. The molecule has 1 aliphatic heterocycles. The Morgan fingerprint density at radius 2 is 1.92 bits per heavy atom. The molecule has 2 fully saturated rings. The maximum Gasteiger partial charge on any atom is 0.254 e. The number of rotatable bonds is 6. The number of benzene rings is 1. The second-order valence-corrected chi connectivity index (χ2v) is 9.36. The molecule has 144 valence electrons. The molecule has 0 radical (unpaired) electrons. The van der Waals surface area contributed by atoms with Gasteiger partial charge in [-0.05, 0) is 31.9 Å². The van der Waals surface area contributed by atoms with Crippen LogP contribution in [0, 0.1) is 6.92 Å². The topological polar surface area (TPSA) is 69.7 Å². The van der Waals surface area contributed by atoms with Gasteiger partial charge in [-0.15, -0.1) is 0 Å². The third kappa shape index (κ3) is 4.64. The molecule has 1 aromatic rings. The molecule has 1 N–H and O–H groups in total. The summed E-state index contributed by atoms with van der Waals surface area (Å²) in [6.07, 6.45) is 4.14. The summed E-state index contributed by atoms with van der Waals surface area (Å²) in [5.41, 5.74) is 1.69. The van der Waals surface area contributed by atoms with Gasteiger partial charge < -0.3 is 10.2 Å². The van der Waals surface area contributed by atoms with Crippen molar-refractivity contribution in [3.05, 3.63) is 35.4 Å². The summed E-state index contributed by atoms with van der Waals surface area (Å²) in [4.78, 5) is 14.9. The predicted octanol–water partition coefficient (Wildman–Crippen LogP) is 1.61. The summed E-state index contributed by atoms with van der Waals surface area (Å²) in [5.74, 6) is -0.0442. The number of piperazine rings is 1. The van der Waals surface area contributed by atoms with Gasteiger partial charge in [-0.2, -0.15) is 4.31 Å². The minimum atomic E-state index is -3.33. The first-order valence-electron chi connectivity index (χ1n) is 9.53. The molecule has 0 bridgehead atoms. The van der Waals surface area contributed by atoms with Gasteiger partial charge in [0.15, 0.2) is 0 Å². The summed E-state index contributed by atoms with van der Waals surface area (Å²) in [5, 5.41) is 3.17. The van der Waals surface area contributed by atoms with Gasteiger partial charge in [-0.25, -0.2) is 8.42 Å². The van der Waals surface area contributed by atoms with Gasteiger partial charge in [0.05, 0.1) is 5.75 Å². The van der Waals surface area contributed by atoms with Gasteiger partial charge in [-0.1, -0.05) is 30.5 Å². The quantitative estimate of drug-likeness (QED) is 0.815. The van der Waals surface area contributed by atoms with Crippen molar-refractivity contribution in [2.45, 2.75) is 38.6 Å². The molecule has 1 aliphatic carbocycles. The second-order valence-electron chi connectivity index (χ2n) is 7.27. The number of nitrogens with one attached hydrogen (secondary N) is 1. The number of hydrogen-bond donors (Lipinski definition) is 1. The molecule has 0 unspecified atom stereocenters. The first kappa shape index (κ1) is 19.3.